The molecule has 0 fully saturated rings. The Morgan fingerprint density at radius 3 is 2.88 bits per heavy atom. The Bertz CT molecular complexity index is 650. The van der Waals surface area contributed by atoms with Crippen molar-refractivity contribution in [2.75, 3.05) is 0 Å². The van der Waals surface area contributed by atoms with Crippen molar-refractivity contribution in [1.82, 2.24) is 0 Å². The molecule has 1 aromatic carbocycles. The van der Waals surface area contributed by atoms with Gasteiger partial charge >= 0.3 is 7.12 Å². The first-order valence-corrected chi connectivity index (χ1v) is 5.37. The lowest BCUT2D eigenvalue weighted by molar-refractivity contribution is 0.425. The SMILES string of the molecule is CC1=[C+]C=Cc2c1oc1c(B(O)O)cccc21. The first-order chi connectivity index (χ1) is 8.18. The van der Waals surface area contributed by atoms with Crippen LogP contribution in [0.3, 0.4) is 0 Å². The molecule has 17 heavy (non-hydrogen) atoms. The van der Waals surface area contributed by atoms with Crippen LogP contribution in [0, 0.1) is 6.08 Å². The molecule has 0 saturated carbocycles. The normalized spacial score (nSPS) is 13.2. The summed E-state index contributed by atoms with van der Waals surface area (Å²) in [6.07, 6.45) is 6.83. The second-order valence-electron chi connectivity index (χ2n) is 4.05. The third kappa shape index (κ3) is 1.43. The zero-order valence-electron chi connectivity index (χ0n) is 9.27. The van der Waals surface area contributed by atoms with Crippen LogP contribution in [0.15, 0.2) is 28.7 Å². The minimum Gasteiger partial charge on any atom is -0.423 e. The van der Waals surface area contributed by atoms with E-state index in [0.29, 0.717) is 11.0 Å². The summed E-state index contributed by atoms with van der Waals surface area (Å²) in [6.45, 7) is 1.92. The quantitative estimate of drug-likeness (QED) is 0.568. The zero-order chi connectivity index (χ0) is 12.0. The van der Waals surface area contributed by atoms with Gasteiger partial charge in [-0.15, -0.1) is 0 Å². The molecule has 1 aliphatic carbocycles. The lowest BCUT2D eigenvalue weighted by Crippen LogP contribution is -2.30. The van der Waals surface area contributed by atoms with Gasteiger partial charge in [-0.2, -0.15) is 0 Å². The Kier molecular flexibility index (Phi) is 2.16. The van der Waals surface area contributed by atoms with Crippen molar-refractivity contribution < 1.29 is 14.5 Å². The molecule has 3 rings (SSSR count). The van der Waals surface area contributed by atoms with Gasteiger partial charge in [0.15, 0.2) is 11.2 Å². The van der Waals surface area contributed by atoms with Gasteiger partial charge in [0.05, 0.1) is 11.5 Å². The Labute approximate surface area is 98.8 Å². The van der Waals surface area contributed by atoms with Crippen molar-refractivity contribution in [1.29, 1.82) is 0 Å². The number of hydrogen-bond acceptors (Lipinski definition) is 3. The molecule has 0 bridgehead atoms. The van der Waals surface area contributed by atoms with Crippen LogP contribution in [0.4, 0.5) is 0 Å². The van der Waals surface area contributed by atoms with E-state index in [1.54, 1.807) is 12.1 Å². The molecule has 0 aliphatic heterocycles. The fraction of sp³-hybridized carbons (Fsp3) is 0.0769. The molecule has 2 aromatic rings. The van der Waals surface area contributed by atoms with E-state index in [4.69, 9.17) is 4.42 Å². The fourth-order valence-corrected chi connectivity index (χ4v) is 2.12. The first kappa shape index (κ1) is 10.3. The highest BCUT2D eigenvalue weighted by Crippen LogP contribution is 2.33. The van der Waals surface area contributed by atoms with Crippen molar-refractivity contribution in [3.05, 3.63) is 41.7 Å². The van der Waals surface area contributed by atoms with Crippen LogP contribution in [0.5, 0.6) is 0 Å². The van der Waals surface area contributed by atoms with Gasteiger partial charge in [-0.3, -0.25) is 0 Å². The molecule has 1 aromatic heterocycles. The summed E-state index contributed by atoms with van der Waals surface area (Å²) in [7, 11) is -1.52. The number of furan rings is 1. The van der Waals surface area contributed by atoms with Crippen LogP contribution in [0.2, 0.25) is 0 Å². The van der Waals surface area contributed by atoms with Crippen molar-refractivity contribution in [3.8, 4) is 0 Å². The number of fused-ring (bicyclic) bond motifs is 3. The molecule has 1 heterocycles. The van der Waals surface area contributed by atoms with Crippen LogP contribution >= 0.6 is 0 Å². The van der Waals surface area contributed by atoms with Gasteiger partial charge in [0, 0.05) is 11.5 Å². The minimum atomic E-state index is -1.52. The maximum absolute atomic E-state index is 9.30. The average molecular weight is 225 g/mol. The summed E-state index contributed by atoms with van der Waals surface area (Å²) >= 11 is 0. The smallest absolute Gasteiger partial charge is 0.423 e. The number of para-hydroxylation sites is 1. The molecule has 0 saturated heterocycles. The van der Waals surface area contributed by atoms with Crippen LogP contribution in [0.25, 0.3) is 22.6 Å². The summed E-state index contributed by atoms with van der Waals surface area (Å²) in [4.78, 5) is 0. The maximum atomic E-state index is 9.30. The van der Waals surface area contributed by atoms with Crippen molar-refractivity contribution in [2.45, 2.75) is 6.92 Å². The van der Waals surface area contributed by atoms with E-state index in [1.165, 1.54) is 0 Å². The minimum absolute atomic E-state index is 0.387. The molecule has 2 N–H and O–H groups in total. The molecule has 0 atom stereocenters. The van der Waals surface area contributed by atoms with Crippen molar-refractivity contribution >= 4 is 35.2 Å². The van der Waals surface area contributed by atoms with E-state index in [0.717, 1.165) is 22.3 Å². The van der Waals surface area contributed by atoms with Gasteiger partial charge in [-0.1, -0.05) is 12.1 Å². The topological polar surface area (TPSA) is 53.6 Å². The highest BCUT2D eigenvalue weighted by Gasteiger charge is 2.27. The first-order valence-electron chi connectivity index (χ1n) is 5.37. The van der Waals surface area contributed by atoms with Crippen molar-refractivity contribution in [3.63, 3.8) is 0 Å². The van der Waals surface area contributed by atoms with Gasteiger partial charge in [0.25, 0.3) is 5.76 Å². The average Bonchev–Trinajstić information content (AvgIpc) is 2.69. The highest BCUT2D eigenvalue weighted by molar-refractivity contribution is 6.61. The third-order valence-corrected chi connectivity index (χ3v) is 2.95. The summed E-state index contributed by atoms with van der Waals surface area (Å²) in [5.74, 6) is 0.746. The molecule has 82 valence electrons. The predicted octanol–water partition coefficient (Wildman–Crippen LogP) is 1.35. The molecule has 0 unspecified atom stereocenters. The number of rotatable bonds is 1. The molecule has 0 radical (unpaired) electrons. The number of hydrogen-bond donors (Lipinski definition) is 2. The van der Waals surface area contributed by atoms with Gasteiger partial charge in [-0.05, 0) is 13.0 Å². The maximum Gasteiger partial charge on any atom is 0.492 e. The zero-order valence-corrected chi connectivity index (χ0v) is 9.27. The Morgan fingerprint density at radius 1 is 1.29 bits per heavy atom. The van der Waals surface area contributed by atoms with E-state index < -0.39 is 7.12 Å². The molecule has 0 spiro atoms. The number of allylic oxidation sites excluding steroid dienone is 3. The van der Waals surface area contributed by atoms with E-state index in [9.17, 15) is 10.0 Å². The Balaban J connectivity index is 2.39. The van der Waals surface area contributed by atoms with E-state index in [-0.39, 0.29) is 0 Å². The Hall–Kier alpha value is -1.87. The summed E-state index contributed by atoms with van der Waals surface area (Å²) < 4.78 is 5.72. The second kappa shape index (κ2) is 3.57. The van der Waals surface area contributed by atoms with Crippen LogP contribution < -0.4 is 5.46 Å². The van der Waals surface area contributed by atoms with Crippen molar-refractivity contribution in [2.24, 2.45) is 0 Å². The van der Waals surface area contributed by atoms with E-state index in [1.807, 2.05) is 25.1 Å². The largest absolute Gasteiger partial charge is 0.492 e. The molecule has 0 amide bonds. The molecular formula is C13H10BO3+. The summed E-state index contributed by atoms with van der Waals surface area (Å²) in [6, 6.07) is 5.35. The van der Waals surface area contributed by atoms with E-state index in [2.05, 4.69) is 6.08 Å². The third-order valence-electron chi connectivity index (χ3n) is 2.95. The fourth-order valence-electron chi connectivity index (χ4n) is 2.12. The van der Waals surface area contributed by atoms with Crippen LogP contribution in [0.1, 0.15) is 18.2 Å². The molecule has 1 aliphatic rings. The van der Waals surface area contributed by atoms with E-state index >= 15 is 0 Å². The Morgan fingerprint density at radius 2 is 2.12 bits per heavy atom. The van der Waals surface area contributed by atoms with Gasteiger partial charge in [0.1, 0.15) is 11.6 Å². The number of benzene rings is 1. The molecule has 4 heteroatoms. The van der Waals surface area contributed by atoms with Crippen LogP contribution in [-0.4, -0.2) is 17.2 Å². The predicted molar refractivity (Wildman–Crippen MR) is 67.4 cm³/mol. The molecule has 3 nitrogen and oxygen atoms in total. The summed E-state index contributed by atoms with van der Waals surface area (Å²) in [5, 5.41) is 19.5. The molecular weight excluding hydrogens is 215 g/mol. The standard InChI is InChI=1S/C13H10BO3/c1-8-4-2-5-9-10-6-3-7-11(14(15)16)13(10)17-12(8)9/h2-3,5-7,15-16H,1H3/q+1. The van der Waals surface area contributed by atoms with Crippen LogP contribution in [-0.2, 0) is 0 Å². The second-order valence-corrected chi connectivity index (χ2v) is 4.05. The monoisotopic (exact) mass is 225 g/mol. The lowest BCUT2D eigenvalue weighted by atomic mass is 9.79. The van der Waals surface area contributed by atoms with Gasteiger partial charge in [-0.25, -0.2) is 0 Å². The van der Waals surface area contributed by atoms with Gasteiger partial charge in [0.2, 0.25) is 0 Å². The summed E-state index contributed by atoms with van der Waals surface area (Å²) in [5.41, 5.74) is 2.80. The lowest BCUT2D eigenvalue weighted by Gasteiger charge is -1.97. The van der Waals surface area contributed by atoms with Gasteiger partial charge < -0.3 is 14.5 Å². The highest BCUT2D eigenvalue weighted by atomic mass is 16.4.